The second-order valence-electron chi connectivity index (χ2n) is 5.10. The molecule has 5 nitrogen and oxygen atoms in total. The smallest absolute Gasteiger partial charge is 0.303 e. The number of alkyl halides is 1. The van der Waals surface area contributed by atoms with Crippen LogP contribution in [0.1, 0.15) is 27.7 Å². The van der Waals surface area contributed by atoms with Crippen LogP contribution >= 0.6 is 28.2 Å². The summed E-state index contributed by atoms with van der Waals surface area (Å²) in [6.45, 7) is 7.69. The fraction of sp³-hybridized carbons (Fsp3) is 0.833. The van der Waals surface area contributed by atoms with Crippen LogP contribution in [0.15, 0.2) is 0 Å². The molecule has 1 rings (SSSR count). The van der Waals surface area contributed by atoms with E-state index in [4.69, 9.17) is 8.92 Å². The van der Waals surface area contributed by atoms with Crippen LogP contribution < -0.4 is 4.72 Å². The maximum absolute atomic E-state index is 11.3. The van der Waals surface area contributed by atoms with Gasteiger partial charge in [-0.1, -0.05) is 36.7 Å². The minimum absolute atomic E-state index is 0.0788. The average Bonchev–Trinajstić information content (AvgIpc) is 2.50. The number of nitrogens with one attached hydrogen (secondary N) is 1. The molecule has 2 unspecified atom stereocenters. The van der Waals surface area contributed by atoms with Gasteiger partial charge in [-0.2, -0.15) is 5.26 Å². The minimum Gasteiger partial charge on any atom is -0.459 e. The molecule has 0 aromatic heterocycles. The van der Waals surface area contributed by atoms with Crippen molar-refractivity contribution in [2.45, 2.75) is 44.2 Å². The molecule has 0 amide bonds. The predicted octanol–water partition coefficient (Wildman–Crippen LogP) is 2.42. The molecule has 1 N–H and O–H groups in total. The number of esters is 1. The Balaban J connectivity index is 3.19. The first-order valence-electron chi connectivity index (χ1n) is 6.13. The van der Waals surface area contributed by atoms with Crippen LogP contribution in [-0.4, -0.2) is 29.0 Å². The second-order valence-corrected chi connectivity index (χ2v) is 6.70. The number of carbonyl (C=O) groups excluding carboxylic acids is 1. The molecule has 0 spiro atoms. The molecular formula is C12H19BrN2O3S. The van der Waals surface area contributed by atoms with Crippen molar-refractivity contribution in [2.75, 3.05) is 6.61 Å². The van der Waals surface area contributed by atoms with Gasteiger partial charge in [-0.3, -0.25) is 4.79 Å². The van der Waals surface area contributed by atoms with Crippen LogP contribution in [0.2, 0.25) is 0 Å². The van der Waals surface area contributed by atoms with Gasteiger partial charge in [0.1, 0.15) is 6.10 Å². The van der Waals surface area contributed by atoms with Gasteiger partial charge in [-0.05, 0) is 5.92 Å². The third-order valence-corrected chi connectivity index (χ3v) is 5.52. The summed E-state index contributed by atoms with van der Waals surface area (Å²) in [5.41, 5.74) is -1.03. The largest absolute Gasteiger partial charge is 0.459 e. The van der Waals surface area contributed by atoms with Crippen LogP contribution in [0.5, 0.6) is 0 Å². The zero-order valence-electron chi connectivity index (χ0n) is 11.5. The fourth-order valence-corrected chi connectivity index (χ4v) is 3.51. The molecule has 0 aromatic rings. The topological polar surface area (TPSA) is 71.3 Å². The lowest BCUT2D eigenvalue weighted by Gasteiger charge is -2.39. The standard InChI is InChI=1S/C12H19BrN2O3S/c1-7(2)10(13)12(6-14)11(18-9(4)16)8(3)5-17-19-15-12/h7-8,10-11,15H,5H2,1-4H3/t8-,10?,11?,12+/m0/s1. The maximum atomic E-state index is 11.3. The molecule has 0 saturated carbocycles. The van der Waals surface area contributed by atoms with Crippen LogP contribution in [0, 0.1) is 23.2 Å². The number of hydrogen-bond donors (Lipinski definition) is 1. The highest BCUT2D eigenvalue weighted by molar-refractivity contribution is 9.09. The van der Waals surface area contributed by atoms with Gasteiger partial charge in [0.15, 0.2) is 5.54 Å². The molecule has 0 aliphatic carbocycles. The lowest BCUT2D eigenvalue weighted by molar-refractivity contribution is -0.152. The predicted molar refractivity (Wildman–Crippen MR) is 77.3 cm³/mol. The monoisotopic (exact) mass is 350 g/mol. The summed E-state index contributed by atoms with van der Waals surface area (Å²) in [6, 6.07) is 2.29. The van der Waals surface area contributed by atoms with Gasteiger partial charge in [0.05, 0.1) is 29.7 Å². The number of halogens is 1. The van der Waals surface area contributed by atoms with Crippen molar-refractivity contribution < 1.29 is 13.7 Å². The van der Waals surface area contributed by atoms with E-state index in [-0.39, 0.29) is 16.7 Å². The van der Waals surface area contributed by atoms with Gasteiger partial charge in [0.2, 0.25) is 0 Å². The molecule has 19 heavy (non-hydrogen) atoms. The quantitative estimate of drug-likeness (QED) is 0.364. The van der Waals surface area contributed by atoms with E-state index < -0.39 is 17.6 Å². The van der Waals surface area contributed by atoms with Crippen molar-refractivity contribution >= 4 is 34.1 Å². The van der Waals surface area contributed by atoms with E-state index in [0.29, 0.717) is 6.61 Å². The van der Waals surface area contributed by atoms with Crippen molar-refractivity contribution in [2.24, 2.45) is 11.8 Å². The number of ether oxygens (including phenoxy) is 1. The summed E-state index contributed by atoms with van der Waals surface area (Å²) in [4.78, 5) is 11.2. The van der Waals surface area contributed by atoms with Gasteiger partial charge in [0, 0.05) is 12.8 Å². The SMILES string of the molecule is CC(=O)OC1[C@@H](C)COSN[C@]1(C#N)C(Br)C(C)C. The lowest BCUT2D eigenvalue weighted by atomic mass is 9.80. The minimum atomic E-state index is -1.03. The van der Waals surface area contributed by atoms with Crippen LogP contribution in [0.4, 0.5) is 0 Å². The van der Waals surface area contributed by atoms with Gasteiger partial charge >= 0.3 is 5.97 Å². The third-order valence-electron chi connectivity index (χ3n) is 3.06. The first-order valence-corrected chi connectivity index (χ1v) is 7.79. The van der Waals surface area contributed by atoms with Crippen molar-refractivity contribution in [1.29, 1.82) is 5.26 Å². The summed E-state index contributed by atoms with van der Waals surface area (Å²) in [6.07, 6.45) is -0.572. The Kier molecular flexibility index (Phi) is 6.12. The lowest BCUT2D eigenvalue weighted by Crippen LogP contribution is -2.61. The summed E-state index contributed by atoms with van der Waals surface area (Å²) in [5.74, 6) is -0.283. The van der Waals surface area contributed by atoms with E-state index in [9.17, 15) is 10.1 Å². The Morgan fingerprint density at radius 2 is 2.32 bits per heavy atom. The van der Waals surface area contributed by atoms with Gasteiger partial charge < -0.3 is 8.92 Å². The Morgan fingerprint density at radius 3 is 2.79 bits per heavy atom. The summed E-state index contributed by atoms with van der Waals surface area (Å²) in [5, 5.41) is 9.68. The fourth-order valence-electron chi connectivity index (χ4n) is 2.11. The number of carbonyl (C=O) groups is 1. The van der Waals surface area contributed by atoms with E-state index >= 15 is 0 Å². The molecule has 0 aromatic carbocycles. The Hall–Kier alpha value is -0.290. The highest BCUT2D eigenvalue weighted by Crippen LogP contribution is 2.37. The van der Waals surface area contributed by atoms with Crippen LogP contribution in [0.3, 0.4) is 0 Å². The molecule has 0 bridgehead atoms. The molecule has 1 aliphatic rings. The number of nitrogens with zero attached hydrogens (tertiary/aromatic N) is 1. The van der Waals surface area contributed by atoms with E-state index in [1.54, 1.807) is 0 Å². The zero-order valence-corrected chi connectivity index (χ0v) is 13.9. The molecular weight excluding hydrogens is 332 g/mol. The van der Waals surface area contributed by atoms with Crippen LogP contribution in [0.25, 0.3) is 0 Å². The molecule has 1 fully saturated rings. The molecule has 4 atom stereocenters. The van der Waals surface area contributed by atoms with Crippen molar-refractivity contribution in [1.82, 2.24) is 4.72 Å². The number of hydrogen-bond acceptors (Lipinski definition) is 6. The van der Waals surface area contributed by atoms with Gasteiger partial charge in [0.25, 0.3) is 0 Å². The Bertz CT molecular complexity index is 374. The van der Waals surface area contributed by atoms with E-state index in [1.807, 2.05) is 20.8 Å². The zero-order chi connectivity index (χ0) is 14.6. The van der Waals surface area contributed by atoms with Gasteiger partial charge in [-0.15, -0.1) is 0 Å². The molecule has 108 valence electrons. The normalized spacial score (nSPS) is 33.3. The number of rotatable bonds is 3. The van der Waals surface area contributed by atoms with Crippen LogP contribution in [-0.2, 0) is 13.7 Å². The van der Waals surface area contributed by atoms with E-state index in [0.717, 1.165) is 12.2 Å². The highest BCUT2D eigenvalue weighted by Gasteiger charge is 2.52. The van der Waals surface area contributed by atoms with E-state index in [2.05, 4.69) is 26.7 Å². The summed E-state index contributed by atoms with van der Waals surface area (Å²) < 4.78 is 13.8. The third kappa shape index (κ3) is 3.63. The Labute approximate surface area is 126 Å². The first-order chi connectivity index (χ1) is 8.85. The maximum Gasteiger partial charge on any atom is 0.303 e. The van der Waals surface area contributed by atoms with Crippen molar-refractivity contribution in [3.8, 4) is 6.07 Å². The average molecular weight is 351 g/mol. The first kappa shape index (κ1) is 16.8. The van der Waals surface area contributed by atoms with E-state index in [1.165, 1.54) is 6.92 Å². The molecule has 1 heterocycles. The van der Waals surface area contributed by atoms with Crippen molar-refractivity contribution in [3.05, 3.63) is 0 Å². The molecule has 1 aliphatic heterocycles. The second kappa shape index (κ2) is 6.93. The molecule has 1 saturated heterocycles. The van der Waals surface area contributed by atoms with Gasteiger partial charge in [-0.25, -0.2) is 4.72 Å². The molecule has 7 heteroatoms. The summed E-state index contributed by atoms with van der Waals surface area (Å²) in [7, 11) is 0. The Morgan fingerprint density at radius 1 is 1.68 bits per heavy atom. The summed E-state index contributed by atoms with van der Waals surface area (Å²) >= 11 is 4.60. The highest BCUT2D eigenvalue weighted by atomic mass is 79.9. The molecule has 0 radical (unpaired) electrons. The van der Waals surface area contributed by atoms with Crippen molar-refractivity contribution in [3.63, 3.8) is 0 Å². The number of nitriles is 1.